The van der Waals surface area contributed by atoms with Crippen LogP contribution < -0.4 is 5.69 Å². The smallest absolute Gasteiger partial charge is 0.337 e. The van der Waals surface area contributed by atoms with E-state index >= 15 is 0 Å². The molecule has 0 aromatic carbocycles. The Hall–Kier alpha value is -2.51. The SMILES string of the molecule is CCn1c([C@@H]2CCCN(C(=O)c3cnc(C)cn3)C2)nn(C)c1=O. The molecule has 128 valence electrons. The van der Waals surface area contributed by atoms with Gasteiger partial charge in [-0.2, -0.15) is 5.10 Å². The largest absolute Gasteiger partial charge is 0.345 e. The molecule has 8 nitrogen and oxygen atoms in total. The van der Waals surface area contributed by atoms with Crippen LogP contribution in [0.4, 0.5) is 0 Å². The van der Waals surface area contributed by atoms with Gasteiger partial charge in [-0.15, -0.1) is 0 Å². The van der Waals surface area contributed by atoms with E-state index in [1.807, 2.05) is 13.8 Å². The van der Waals surface area contributed by atoms with Gasteiger partial charge in [0.05, 0.1) is 11.9 Å². The monoisotopic (exact) mass is 330 g/mol. The lowest BCUT2D eigenvalue weighted by molar-refractivity contribution is 0.0696. The molecule has 0 saturated carbocycles. The summed E-state index contributed by atoms with van der Waals surface area (Å²) in [7, 11) is 1.66. The molecule has 0 bridgehead atoms. The predicted molar refractivity (Wildman–Crippen MR) is 87.8 cm³/mol. The summed E-state index contributed by atoms with van der Waals surface area (Å²) in [6, 6.07) is 0. The fourth-order valence-corrected chi connectivity index (χ4v) is 3.16. The fourth-order valence-electron chi connectivity index (χ4n) is 3.16. The van der Waals surface area contributed by atoms with E-state index in [4.69, 9.17) is 0 Å². The van der Waals surface area contributed by atoms with Gasteiger partial charge in [0.1, 0.15) is 11.5 Å². The van der Waals surface area contributed by atoms with Crippen molar-refractivity contribution in [3.8, 4) is 0 Å². The van der Waals surface area contributed by atoms with Crippen molar-refractivity contribution in [2.45, 2.75) is 39.2 Å². The minimum absolute atomic E-state index is 0.0648. The van der Waals surface area contributed by atoms with Crippen LogP contribution in [0.2, 0.25) is 0 Å². The van der Waals surface area contributed by atoms with E-state index in [0.717, 1.165) is 24.4 Å². The maximum absolute atomic E-state index is 12.6. The normalized spacial score (nSPS) is 18.0. The van der Waals surface area contributed by atoms with Gasteiger partial charge in [0.2, 0.25) is 0 Å². The van der Waals surface area contributed by atoms with Gasteiger partial charge in [-0.1, -0.05) is 0 Å². The number of piperidine rings is 1. The molecular formula is C16H22N6O2. The molecular weight excluding hydrogens is 308 g/mol. The summed E-state index contributed by atoms with van der Waals surface area (Å²) in [4.78, 5) is 34.8. The number of rotatable bonds is 3. The van der Waals surface area contributed by atoms with Crippen LogP contribution in [0.25, 0.3) is 0 Å². The highest BCUT2D eigenvalue weighted by molar-refractivity contribution is 5.92. The molecule has 8 heteroatoms. The maximum Gasteiger partial charge on any atom is 0.345 e. The van der Waals surface area contributed by atoms with Crippen molar-refractivity contribution in [3.05, 3.63) is 40.1 Å². The molecule has 0 unspecified atom stereocenters. The maximum atomic E-state index is 12.6. The topological polar surface area (TPSA) is 85.9 Å². The van der Waals surface area contributed by atoms with Crippen LogP contribution in [0, 0.1) is 6.92 Å². The number of amides is 1. The van der Waals surface area contributed by atoms with Crippen LogP contribution in [-0.2, 0) is 13.6 Å². The number of carbonyl (C=O) groups is 1. The zero-order valence-electron chi connectivity index (χ0n) is 14.3. The zero-order chi connectivity index (χ0) is 17.3. The Balaban J connectivity index is 1.82. The Morgan fingerprint density at radius 2 is 2.12 bits per heavy atom. The fraction of sp³-hybridized carbons (Fsp3) is 0.562. The number of hydrogen-bond donors (Lipinski definition) is 0. The van der Waals surface area contributed by atoms with Crippen LogP contribution in [0.5, 0.6) is 0 Å². The van der Waals surface area contributed by atoms with Gasteiger partial charge in [-0.3, -0.25) is 14.3 Å². The first kappa shape index (κ1) is 16.4. The van der Waals surface area contributed by atoms with Crippen LogP contribution >= 0.6 is 0 Å². The van der Waals surface area contributed by atoms with Crippen molar-refractivity contribution in [3.63, 3.8) is 0 Å². The summed E-state index contributed by atoms with van der Waals surface area (Å²) >= 11 is 0. The summed E-state index contributed by atoms with van der Waals surface area (Å²) in [6.45, 7) is 5.58. The van der Waals surface area contributed by atoms with E-state index in [9.17, 15) is 9.59 Å². The van der Waals surface area contributed by atoms with E-state index in [0.29, 0.717) is 25.3 Å². The Bertz CT molecular complexity index is 792. The molecule has 1 aliphatic heterocycles. The van der Waals surface area contributed by atoms with Crippen molar-refractivity contribution in [2.75, 3.05) is 13.1 Å². The van der Waals surface area contributed by atoms with Crippen LogP contribution in [0.15, 0.2) is 17.2 Å². The predicted octanol–water partition coefficient (Wildman–Crippen LogP) is 0.720. The number of aromatic nitrogens is 5. The number of nitrogens with zero attached hydrogens (tertiary/aromatic N) is 6. The highest BCUT2D eigenvalue weighted by Gasteiger charge is 2.29. The second-order valence-corrected chi connectivity index (χ2v) is 6.14. The lowest BCUT2D eigenvalue weighted by atomic mass is 9.97. The summed E-state index contributed by atoms with van der Waals surface area (Å²) in [5.74, 6) is 0.709. The van der Waals surface area contributed by atoms with E-state index in [2.05, 4.69) is 15.1 Å². The van der Waals surface area contributed by atoms with E-state index in [-0.39, 0.29) is 17.5 Å². The van der Waals surface area contributed by atoms with Gasteiger partial charge in [0.15, 0.2) is 0 Å². The number of aryl methyl sites for hydroxylation is 2. The summed E-state index contributed by atoms with van der Waals surface area (Å²) in [5, 5.41) is 4.38. The highest BCUT2D eigenvalue weighted by Crippen LogP contribution is 2.25. The number of hydrogen-bond acceptors (Lipinski definition) is 5. The van der Waals surface area contributed by atoms with Crippen molar-refractivity contribution < 1.29 is 4.79 Å². The summed E-state index contributed by atoms with van der Waals surface area (Å²) < 4.78 is 3.05. The quantitative estimate of drug-likeness (QED) is 0.828. The third-order valence-electron chi connectivity index (χ3n) is 4.43. The molecule has 1 aliphatic rings. The average molecular weight is 330 g/mol. The Morgan fingerprint density at radius 3 is 2.79 bits per heavy atom. The molecule has 1 amide bonds. The molecule has 0 spiro atoms. The molecule has 2 aromatic rings. The van der Waals surface area contributed by atoms with Crippen molar-refractivity contribution in [2.24, 2.45) is 7.05 Å². The average Bonchev–Trinajstić information content (AvgIpc) is 2.89. The molecule has 24 heavy (non-hydrogen) atoms. The van der Waals surface area contributed by atoms with E-state index in [1.54, 1.807) is 22.7 Å². The van der Waals surface area contributed by atoms with Crippen molar-refractivity contribution >= 4 is 5.91 Å². The molecule has 3 heterocycles. The standard InChI is InChI=1S/C16H22N6O2/c1-4-22-14(19-20(3)16(22)24)12-6-5-7-21(10-12)15(23)13-9-17-11(2)8-18-13/h8-9,12H,4-7,10H2,1-3H3/t12-/m1/s1. The first-order valence-corrected chi connectivity index (χ1v) is 8.23. The third kappa shape index (κ3) is 2.95. The summed E-state index contributed by atoms with van der Waals surface area (Å²) in [6.07, 6.45) is 4.91. The number of carbonyl (C=O) groups excluding carboxylic acids is 1. The molecule has 0 aliphatic carbocycles. The first-order valence-electron chi connectivity index (χ1n) is 8.23. The van der Waals surface area contributed by atoms with Gasteiger partial charge in [0.25, 0.3) is 5.91 Å². The molecule has 3 rings (SSSR count). The van der Waals surface area contributed by atoms with Gasteiger partial charge in [-0.05, 0) is 26.7 Å². The second kappa shape index (κ2) is 6.54. The van der Waals surface area contributed by atoms with Crippen molar-refractivity contribution in [1.82, 2.24) is 29.2 Å². The van der Waals surface area contributed by atoms with Gasteiger partial charge in [-0.25, -0.2) is 14.5 Å². The van der Waals surface area contributed by atoms with Crippen molar-refractivity contribution in [1.29, 1.82) is 0 Å². The molecule has 0 radical (unpaired) electrons. The lowest BCUT2D eigenvalue weighted by Crippen LogP contribution is -2.40. The highest BCUT2D eigenvalue weighted by atomic mass is 16.2. The third-order valence-corrected chi connectivity index (χ3v) is 4.43. The lowest BCUT2D eigenvalue weighted by Gasteiger charge is -2.32. The minimum atomic E-state index is -0.117. The Morgan fingerprint density at radius 1 is 1.33 bits per heavy atom. The Kier molecular flexibility index (Phi) is 4.46. The van der Waals surface area contributed by atoms with Crippen LogP contribution in [0.1, 0.15) is 47.7 Å². The van der Waals surface area contributed by atoms with Crippen LogP contribution in [-0.4, -0.2) is 48.2 Å². The van der Waals surface area contributed by atoms with Crippen LogP contribution in [0.3, 0.4) is 0 Å². The van der Waals surface area contributed by atoms with Gasteiger partial charge >= 0.3 is 5.69 Å². The molecule has 1 fully saturated rings. The molecule has 1 saturated heterocycles. The van der Waals surface area contributed by atoms with Gasteiger partial charge < -0.3 is 4.90 Å². The molecule has 1 atom stereocenters. The molecule has 2 aromatic heterocycles. The number of likely N-dealkylation sites (tertiary alicyclic amines) is 1. The minimum Gasteiger partial charge on any atom is -0.337 e. The first-order chi connectivity index (χ1) is 11.5. The van der Waals surface area contributed by atoms with Gasteiger partial charge in [0, 0.05) is 38.8 Å². The zero-order valence-corrected chi connectivity index (χ0v) is 14.3. The Labute approximate surface area is 140 Å². The molecule has 0 N–H and O–H groups in total. The van der Waals surface area contributed by atoms with E-state index in [1.165, 1.54) is 10.9 Å². The summed E-state index contributed by atoms with van der Waals surface area (Å²) in [5.41, 5.74) is 1.03. The second-order valence-electron chi connectivity index (χ2n) is 6.14. The van der Waals surface area contributed by atoms with E-state index < -0.39 is 0 Å².